The molecule has 0 spiro atoms. The van der Waals surface area contributed by atoms with Gasteiger partial charge >= 0.3 is 0 Å². The minimum absolute atomic E-state index is 0.158. The van der Waals surface area contributed by atoms with E-state index < -0.39 is 0 Å². The molecule has 1 saturated carbocycles. The highest BCUT2D eigenvalue weighted by molar-refractivity contribution is 6.05. The number of carbonyl (C=O) groups is 2. The summed E-state index contributed by atoms with van der Waals surface area (Å²) in [4.78, 5) is 21.9. The Balaban J connectivity index is 1.68. The largest absolute Gasteiger partial charge is 0.305 e. The molecule has 2 N–H and O–H groups in total. The summed E-state index contributed by atoms with van der Waals surface area (Å²) >= 11 is 0. The molecule has 1 atom stereocenters. The summed E-state index contributed by atoms with van der Waals surface area (Å²) in [7, 11) is 0. The van der Waals surface area contributed by atoms with Crippen LogP contribution < -0.4 is 10.6 Å². The van der Waals surface area contributed by atoms with Crippen LogP contribution in [0.15, 0.2) is 0 Å². The zero-order chi connectivity index (χ0) is 9.26. The van der Waals surface area contributed by atoms with Crippen LogP contribution in [-0.2, 0) is 9.59 Å². The van der Waals surface area contributed by atoms with E-state index in [0.717, 1.165) is 18.9 Å². The van der Waals surface area contributed by atoms with E-state index >= 15 is 0 Å². The molecule has 0 aromatic heterocycles. The molecule has 1 heterocycles. The van der Waals surface area contributed by atoms with Crippen LogP contribution in [0.5, 0.6) is 0 Å². The average Bonchev–Trinajstić information content (AvgIpc) is 2.81. The molecule has 1 aliphatic carbocycles. The van der Waals surface area contributed by atoms with E-state index in [1.165, 1.54) is 12.8 Å². The summed E-state index contributed by atoms with van der Waals surface area (Å²) in [5, 5.41) is 5.38. The van der Waals surface area contributed by atoms with E-state index in [0.29, 0.717) is 6.42 Å². The molecule has 2 aliphatic rings. The first kappa shape index (κ1) is 8.69. The molecule has 4 heteroatoms. The Morgan fingerprint density at radius 3 is 2.69 bits per heavy atom. The van der Waals surface area contributed by atoms with E-state index in [-0.39, 0.29) is 17.9 Å². The molecule has 0 aromatic carbocycles. The van der Waals surface area contributed by atoms with Gasteiger partial charge in [0.05, 0.1) is 12.5 Å². The molecule has 2 fully saturated rings. The predicted molar refractivity (Wildman–Crippen MR) is 46.9 cm³/mol. The molecule has 1 aliphatic heterocycles. The van der Waals surface area contributed by atoms with Gasteiger partial charge in [-0.05, 0) is 18.9 Å². The van der Waals surface area contributed by atoms with Gasteiger partial charge in [0.1, 0.15) is 0 Å². The zero-order valence-corrected chi connectivity index (χ0v) is 7.51. The highest BCUT2D eigenvalue weighted by Gasteiger charge is 2.30. The summed E-state index contributed by atoms with van der Waals surface area (Å²) < 4.78 is 0. The second-order valence-corrected chi connectivity index (χ2v) is 3.86. The number of rotatable bonds is 4. The zero-order valence-electron chi connectivity index (χ0n) is 7.51. The van der Waals surface area contributed by atoms with Crippen LogP contribution in [0.4, 0.5) is 0 Å². The SMILES string of the molecule is O=C1CC(NCCC2CC2)C(=O)N1. The number of imide groups is 1. The van der Waals surface area contributed by atoms with Crippen molar-refractivity contribution < 1.29 is 9.59 Å². The summed E-state index contributed by atoms with van der Waals surface area (Å²) in [6, 6.07) is -0.272. The van der Waals surface area contributed by atoms with Crippen LogP contribution >= 0.6 is 0 Å². The predicted octanol–water partition coefficient (Wildman–Crippen LogP) is -0.209. The molecule has 2 rings (SSSR count). The first-order chi connectivity index (χ1) is 6.25. The van der Waals surface area contributed by atoms with Gasteiger partial charge in [-0.25, -0.2) is 0 Å². The maximum Gasteiger partial charge on any atom is 0.244 e. The Morgan fingerprint density at radius 1 is 1.38 bits per heavy atom. The van der Waals surface area contributed by atoms with Gasteiger partial charge in [-0.2, -0.15) is 0 Å². The standard InChI is InChI=1S/C9H14N2O2/c12-8-5-7(9(13)11-8)10-4-3-6-1-2-6/h6-7,10H,1-5H2,(H,11,12,13). The van der Waals surface area contributed by atoms with Crippen LogP contribution in [-0.4, -0.2) is 24.4 Å². The van der Waals surface area contributed by atoms with E-state index in [1.54, 1.807) is 0 Å². The molecule has 2 amide bonds. The van der Waals surface area contributed by atoms with Gasteiger partial charge in [0.15, 0.2) is 0 Å². The number of carbonyl (C=O) groups excluding carboxylic acids is 2. The van der Waals surface area contributed by atoms with Crippen LogP contribution in [0, 0.1) is 5.92 Å². The molecular weight excluding hydrogens is 168 g/mol. The molecule has 0 aromatic rings. The third-order valence-electron chi connectivity index (χ3n) is 2.61. The third-order valence-corrected chi connectivity index (χ3v) is 2.61. The van der Waals surface area contributed by atoms with Gasteiger partial charge in [0.2, 0.25) is 11.8 Å². The topological polar surface area (TPSA) is 58.2 Å². The van der Waals surface area contributed by atoms with Crippen molar-refractivity contribution in [2.75, 3.05) is 6.54 Å². The van der Waals surface area contributed by atoms with E-state index in [4.69, 9.17) is 0 Å². The summed E-state index contributed by atoms with van der Waals surface area (Å²) in [5.74, 6) is 0.544. The molecule has 72 valence electrons. The minimum atomic E-state index is -0.272. The van der Waals surface area contributed by atoms with Crippen LogP contribution in [0.25, 0.3) is 0 Å². The third kappa shape index (κ3) is 2.28. The molecule has 13 heavy (non-hydrogen) atoms. The lowest BCUT2D eigenvalue weighted by Gasteiger charge is -2.07. The van der Waals surface area contributed by atoms with E-state index in [9.17, 15) is 9.59 Å². The van der Waals surface area contributed by atoms with Crippen molar-refractivity contribution in [1.29, 1.82) is 0 Å². The smallest absolute Gasteiger partial charge is 0.244 e. The first-order valence-corrected chi connectivity index (χ1v) is 4.83. The molecule has 1 saturated heterocycles. The monoisotopic (exact) mass is 182 g/mol. The minimum Gasteiger partial charge on any atom is -0.305 e. The van der Waals surface area contributed by atoms with Gasteiger partial charge in [-0.1, -0.05) is 12.8 Å². The van der Waals surface area contributed by atoms with Crippen molar-refractivity contribution >= 4 is 11.8 Å². The Hall–Kier alpha value is -0.900. The highest BCUT2D eigenvalue weighted by atomic mass is 16.2. The van der Waals surface area contributed by atoms with Crippen LogP contribution in [0.2, 0.25) is 0 Å². The lowest BCUT2D eigenvalue weighted by molar-refractivity contribution is -0.125. The van der Waals surface area contributed by atoms with Crippen molar-refractivity contribution in [2.24, 2.45) is 5.92 Å². The Morgan fingerprint density at radius 2 is 2.15 bits per heavy atom. The Kier molecular flexibility index (Phi) is 2.31. The second-order valence-electron chi connectivity index (χ2n) is 3.86. The van der Waals surface area contributed by atoms with Gasteiger partial charge in [0, 0.05) is 0 Å². The number of nitrogens with one attached hydrogen (secondary N) is 2. The number of hydrogen-bond donors (Lipinski definition) is 2. The lowest BCUT2D eigenvalue weighted by Crippen LogP contribution is -2.36. The van der Waals surface area contributed by atoms with E-state index in [1.807, 2.05) is 0 Å². The van der Waals surface area contributed by atoms with Crippen LogP contribution in [0.1, 0.15) is 25.7 Å². The second kappa shape index (κ2) is 3.46. The van der Waals surface area contributed by atoms with E-state index in [2.05, 4.69) is 10.6 Å². The average molecular weight is 182 g/mol. The van der Waals surface area contributed by atoms with Gasteiger partial charge in [0.25, 0.3) is 0 Å². The molecule has 0 radical (unpaired) electrons. The fourth-order valence-electron chi connectivity index (χ4n) is 1.59. The normalized spacial score (nSPS) is 27.8. The van der Waals surface area contributed by atoms with Gasteiger partial charge in [-0.15, -0.1) is 0 Å². The number of amides is 2. The summed E-state index contributed by atoms with van der Waals surface area (Å²) in [5.41, 5.74) is 0. The van der Waals surface area contributed by atoms with Crippen molar-refractivity contribution in [3.05, 3.63) is 0 Å². The van der Waals surface area contributed by atoms with Crippen molar-refractivity contribution in [3.8, 4) is 0 Å². The van der Waals surface area contributed by atoms with Crippen molar-refractivity contribution in [2.45, 2.75) is 31.7 Å². The maximum absolute atomic E-state index is 11.1. The van der Waals surface area contributed by atoms with Crippen molar-refractivity contribution in [3.63, 3.8) is 0 Å². The fourth-order valence-corrected chi connectivity index (χ4v) is 1.59. The quantitative estimate of drug-likeness (QED) is 0.591. The summed E-state index contributed by atoms with van der Waals surface area (Å²) in [6.07, 6.45) is 4.11. The fraction of sp³-hybridized carbons (Fsp3) is 0.778. The number of hydrogen-bond acceptors (Lipinski definition) is 3. The Labute approximate surface area is 77.1 Å². The Bertz CT molecular complexity index is 236. The molecule has 1 unspecified atom stereocenters. The lowest BCUT2D eigenvalue weighted by atomic mass is 10.2. The molecule has 4 nitrogen and oxygen atoms in total. The highest BCUT2D eigenvalue weighted by Crippen LogP contribution is 2.31. The summed E-state index contributed by atoms with van der Waals surface area (Å²) in [6.45, 7) is 0.857. The van der Waals surface area contributed by atoms with Crippen molar-refractivity contribution in [1.82, 2.24) is 10.6 Å². The maximum atomic E-state index is 11.1. The van der Waals surface area contributed by atoms with Gasteiger partial charge in [-0.3, -0.25) is 14.9 Å². The first-order valence-electron chi connectivity index (χ1n) is 4.83. The van der Waals surface area contributed by atoms with Gasteiger partial charge < -0.3 is 5.32 Å². The molecule has 0 bridgehead atoms. The van der Waals surface area contributed by atoms with Crippen LogP contribution in [0.3, 0.4) is 0 Å². The molecular formula is C9H14N2O2.